The number of thioether (sulfide) groups is 1. The van der Waals surface area contributed by atoms with Crippen LogP contribution in [-0.2, 0) is 0 Å². The summed E-state index contributed by atoms with van der Waals surface area (Å²) in [6.45, 7) is 5.74. The number of carbonyl (C=O) groups is 1. The van der Waals surface area contributed by atoms with Crippen molar-refractivity contribution in [1.82, 2.24) is 0 Å². The van der Waals surface area contributed by atoms with Gasteiger partial charge in [0.15, 0.2) is 5.78 Å². The summed E-state index contributed by atoms with van der Waals surface area (Å²) in [6.07, 6.45) is 0. The molecule has 1 aromatic carbocycles. The zero-order chi connectivity index (χ0) is 9.68. The number of benzene rings is 1. The zero-order valence-electron chi connectivity index (χ0n) is 7.62. The summed E-state index contributed by atoms with van der Waals surface area (Å²) in [7, 11) is 0. The second-order valence-corrected chi connectivity index (χ2v) is 3.91. The van der Waals surface area contributed by atoms with Crippen LogP contribution >= 0.6 is 11.8 Å². The van der Waals surface area contributed by atoms with Crippen molar-refractivity contribution in [3.8, 4) is 0 Å². The predicted molar refractivity (Wildman–Crippen MR) is 58.0 cm³/mol. The van der Waals surface area contributed by atoms with Gasteiger partial charge in [0.25, 0.3) is 0 Å². The number of hydrogen-bond donors (Lipinski definition) is 0. The van der Waals surface area contributed by atoms with Gasteiger partial charge in [-0.3, -0.25) is 4.79 Å². The zero-order valence-corrected chi connectivity index (χ0v) is 8.43. The molecule has 0 aliphatic rings. The van der Waals surface area contributed by atoms with Crippen molar-refractivity contribution < 1.29 is 4.79 Å². The molecule has 0 aliphatic carbocycles. The van der Waals surface area contributed by atoms with Crippen LogP contribution in [0.25, 0.3) is 0 Å². The highest BCUT2D eigenvalue weighted by molar-refractivity contribution is 8.03. The Labute approximate surface area is 82.9 Å². The molecule has 0 amide bonds. The molecule has 0 fully saturated rings. The van der Waals surface area contributed by atoms with E-state index in [2.05, 4.69) is 6.58 Å². The number of allylic oxidation sites excluding steroid dienone is 1. The van der Waals surface area contributed by atoms with Crippen LogP contribution in [0.3, 0.4) is 0 Å². The van der Waals surface area contributed by atoms with E-state index in [0.29, 0.717) is 10.5 Å². The summed E-state index contributed by atoms with van der Waals surface area (Å²) in [6, 6.07) is 9.23. The van der Waals surface area contributed by atoms with Gasteiger partial charge in [-0.25, -0.2) is 0 Å². The monoisotopic (exact) mass is 192 g/mol. The molecule has 0 heterocycles. The molecule has 0 aromatic heterocycles. The fourth-order valence-corrected chi connectivity index (χ4v) is 1.59. The highest BCUT2D eigenvalue weighted by Crippen LogP contribution is 2.17. The van der Waals surface area contributed by atoms with Crippen molar-refractivity contribution in [2.45, 2.75) is 6.92 Å². The molecule has 0 spiro atoms. The summed E-state index contributed by atoms with van der Waals surface area (Å²) >= 11 is 1.49. The summed E-state index contributed by atoms with van der Waals surface area (Å²) in [5, 5.41) is 0. The van der Waals surface area contributed by atoms with Crippen molar-refractivity contribution in [1.29, 1.82) is 0 Å². The lowest BCUT2D eigenvalue weighted by molar-refractivity contribution is 0.104. The van der Waals surface area contributed by atoms with Gasteiger partial charge in [-0.05, 0) is 5.75 Å². The maximum absolute atomic E-state index is 11.6. The minimum Gasteiger partial charge on any atom is -0.288 e. The van der Waals surface area contributed by atoms with Gasteiger partial charge >= 0.3 is 0 Å². The van der Waals surface area contributed by atoms with Crippen LogP contribution in [0.2, 0.25) is 0 Å². The van der Waals surface area contributed by atoms with Gasteiger partial charge < -0.3 is 0 Å². The Bertz CT molecular complexity index is 303. The van der Waals surface area contributed by atoms with Gasteiger partial charge in [0.2, 0.25) is 0 Å². The first-order valence-corrected chi connectivity index (χ1v) is 5.15. The molecule has 0 atom stereocenters. The van der Waals surface area contributed by atoms with Crippen LogP contribution in [0.5, 0.6) is 0 Å². The molecule has 0 unspecified atom stereocenters. The molecular formula is C11H12OS. The summed E-state index contributed by atoms with van der Waals surface area (Å²) < 4.78 is 0. The number of Topliss-reactive ketones (excluding diaryl/α,β-unsaturated/α-hetero) is 1. The van der Waals surface area contributed by atoms with Crippen molar-refractivity contribution in [2.75, 3.05) is 5.75 Å². The standard InChI is InChI=1S/C11H12OS/c1-3-13-9(2)11(12)10-7-5-4-6-8-10/h4-8H,2-3H2,1H3. The Morgan fingerprint density at radius 2 is 2.00 bits per heavy atom. The minimum absolute atomic E-state index is 0.0347. The maximum atomic E-state index is 11.6. The predicted octanol–water partition coefficient (Wildman–Crippen LogP) is 3.14. The third-order valence-corrected chi connectivity index (χ3v) is 2.43. The molecule has 1 rings (SSSR count). The Kier molecular flexibility index (Phi) is 3.77. The normalized spacial score (nSPS) is 9.62. The van der Waals surface area contributed by atoms with Crippen LogP contribution in [-0.4, -0.2) is 11.5 Å². The summed E-state index contributed by atoms with van der Waals surface area (Å²) in [5.41, 5.74) is 0.716. The average molecular weight is 192 g/mol. The lowest BCUT2D eigenvalue weighted by Crippen LogP contribution is -1.99. The maximum Gasteiger partial charge on any atom is 0.198 e. The average Bonchev–Trinajstić information content (AvgIpc) is 2.18. The van der Waals surface area contributed by atoms with E-state index in [1.807, 2.05) is 37.3 Å². The van der Waals surface area contributed by atoms with E-state index in [0.717, 1.165) is 5.75 Å². The number of hydrogen-bond acceptors (Lipinski definition) is 2. The Morgan fingerprint density at radius 1 is 1.38 bits per heavy atom. The van der Waals surface area contributed by atoms with Crippen LogP contribution in [0, 0.1) is 0 Å². The molecule has 0 N–H and O–H groups in total. The molecule has 0 saturated heterocycles. The summed E-state index contributed by atoms with van der Waals surface area (Å²) in [5.74, 6) is 0.921. The summed E-state index contributed by atoms with van der Waals surface area (Å²) in [4.78, 5) is 12.2. The van der Waals surface area contributed by atoms with Crippen LogP contribution in [0.4, 0.5) is 0 Å². The third kappa shape index (κ3) is 2.74. The van der Waals surface area contributed by atoms with Crippen LogP contribution in [0.15, 0.2) is 41.8 Å². The van der Waals surface area contributed by atoms with Crippen molar-refractivity contribution in [3.05, 3.63) is 47.4 Å². The molecule has 13 heavy (non-hydrogen) atoms. The van der Waals surface area contributed by atoms with Gasteiger partial charge in [-0.15, -0.1) is 11.8 Å². The van der Waals surface area contributed by atoms with E-state index in [4.69, 9.17) is 0 Å². The first kappa shape index (κ1) is 10.1. The minimum atomic E-state index is 0.0347. The quantitative estimate of drug-likeness (QED) is 0.538. The number of rotatable bonds is 4. The van der Waals surface area contributed by atoms with Gasteiger partial charge in [-0.2, -0.15) is 0 Å². The molecule has 0 saturated carbocycles. The second-order valence-electron chi connectivity index (χ2n) is 2.55. The van der Waals surface area contributed by atoms with Gasteiger partial charge in [0, 0.05) is 10.5 Å². The van der Waals surface area contributed by atoms with Crippen LogP contribution in [0.1, 0.15) is 17.3 Å². The van der Waals surface area contributed by atoms with Gasteiger partial charge in [-0.1, -0.05) is 43.8 Å². The van der Waals surface area contributed by atoms with Crippen molar-refractivity contribution >= 4 is 17.5 Å². The number of ketones is 1. The van der Waals surface area contributed by atoms with E-state index in [1.165, 1.54) is 11.8 Å². The topological polar surface area (TPSA) is 17.1 Å². The molecule has 2 heteroatoms. The molecule has 68 valence electrons. The highest BCUT2D eigenvalue weighted by Gasteiger charge is 2.08. The number of carbonyl (C=O) groups excluding carboxylic acids is 1. The largest absolute Gasteiger partial charge is 0.288 e. The molecular weight excluding hydrogens is 180 g/mol. The molecule has 1 aromatic rings. The smallest absolute Gasteiger partial charge is 0.198 e. The highest BCUT2D eigenvalue weighted by atomic mass is 32.2. The second kappa shape index (κ2) is 4.87. The van der Waals surface area contributed by atoms with Crippen molar-refractivity contribution in [3.63, 3.8) is 0 Å². The SMILES string of the molecule is C=C(SCC)C(=O)c1ccccc1. The Morgan fingerprint density at radius 3 is 2.54 bits per heavy atom. The Hall–Kier alpha value is -1.02. The Balaban J connectivity index is 2.74. The van der Waals surface area contributed by atoms with E-state index in [9.17, 15) is 4.79 Å². The van der Waals surface area contributed by atoms with E-state index in [-0.39, 0.29) is 5.78 Å². The first-order chi connectivity index (χ1) is 6.25. The molecule has 1 nitrogen and oxygen atoms in total. The van der Waals surface area contributed by atoms with Gasteiger partial charge in [0.1, 0.15) is 0 Å². The fraction of sp³-hybridized carbons (Fsp3) is 0.182. The van der Waals surface area contributed by atoms with Crippen molar-refractivity contribution in [2.24, 2.45) is 0 Å². The molecule has 0 aliphatic heterocycles. The molecule has 0 bridgehead atoms. The van der Waals surface area contributed by atoms with E-state index in [1.54, 1.807) is 0 Å². The fourth-order valence-electron chi connectivity index (χ4n) is 0.990. The lowest BCUT2D eigenvalue weighted by Gasteiger charge is -2.01. The first-order valence-electron chi connectivity index (χ1n) is 4.17. The van der Waals surface area contributed by atoms with Gasteiger partial charge in [0.05, 0.1) is 0 Å². The third-order valence-electron chi connectivity index (χ3n) is 1.61. The lowest BCUT2D eigenvalue weighted by atomic mass is 10.1. The van der Waals surface area contributed by atoms with E-state index < -0.39 is 0 Å². The van der Waals surface area contributed by atoms with Crippen LogP contribution < -0.4 is 0 Å². The molecule has 0 radical (unpaired) electrons. The van der Waals surface area contributed by atoms with E-state index >= 15 is 0 Å².